The second-order valence-corrected chi connectivity index (χ2v) is 13.8. The maximum absolute atomic E-state index is 11.4. The van der Waals surface area contributed by atoms with E-state index < -0.39 is 39.9 Å². The van der Waals surface area contributed by atoms with E-state index in [1.54, 1.807) is 21.3 Å². The smallest absolute Gasteiger partial charge is 0.421 e. The molecule has 9 nitrogen and oxygen atoms in total. The number of alkyl halides is 6. The molecule has 0 aromatic rings. The summed E-state index contributed by atoms with van der Waals surface area (Å²) in [6, 6.07) is 0.747. The Morgan fingerprint density at radius 2 is 1.36 bits per heavy atom. The normalized spacial score (nSPS) is 22.7. The minimum absolute atomic E-state index is 0.747. The number of quaternary nitrogens is 1. The van der Waals surface area contributed by atoms with Crippen LogP contribution < -0.4 is 0 Å². The molecule has 1 heterocycles. The average Bonchev–Trinajstić information content (AvgIpc) is 3.02. The van der Waals surface area contributed by atoms with Crippen molar-refractivity contribution >= 4 is 28.9 Å². The van der Waals surface area contributed by atoms with E-state index in [9.17, 15) is 43.2 Å². The van der Waals surface area contributed by atoms with E-state index in [0.29, 0.717) is 0 Å². The van der Waals surface area contributed by atoms with E-state index in [2.05, 4.69) is 14.0 Å². The molecule has 0 spiro atoms. The van der Waals surface area contributed by atoms with Crippen LogP contribution in [0.1, 0.15) is 39.0 Å². The van der Waals surface area contributed by atoms with Crippen LogP contribution >= 0.6 is 0 Å². The van der Waals surface area contributed by atoms with E-state index in [1.807, 2.05) is 0 Å². The van der Waals surface area contributed by atoms with Crippen molar-refractivity contribution in [3.63, 3.8) is 0 Å². The van der Waals surface area contributed by atoms with Crippen molar-refractivity contribution in [2.45, 2.75) is 56.1 Å². The highest BCUT2D eigenvalue weighted by molar-refractivity contribution is 8.13. The monoisotopic (exact) mass is 556 g/mol. The first-order valence-corrected chi connectivity index (χ1v) is 14.4. The fourth-order valence-electron chi connectivity index (χ4n) is 3.39. The lowest BCUT2D eigenvalue weighted by Gasteiger charge is -2.40. The topological polar surface area (TPSA) is 110 Å². The van der Waals surface area contributed by atoms with Crippen LogP contribution in [0.5, 0.6) is 0 Å². The molecule has 1 aliphatic heterocycles. The molecule has 0 radical (unpaired) electrons. The maximum Gasteiger partial charge on any atom is 0.558 e. The van der Waals surface area contributed by atoms with Crippen molar-refractivity contribution in [2.24, 2.45) is 0 Å². The lowest BCUT2D eigenvalue weighted by molar-refractivity contribution is -0.914. The summed E-state index contributed by atoms with van der Waals surface area (Å²) in [4.78, 5) is 0. The molecule has 33 heavy (non-hydrogen) atoms. The van der Waals surface area contributed by atoms with Crippen molar-refractivity contribution in [1.82, 2.24) is 0 Å². The van der Waals surface area contributed by atoms with Gasteiger partial charge in [0.1, 0.15) is 6.17 Å². The molecule has 0 aromatic carbocycles. The number of unbranched alkanes of at least 4 members (excludes halogenated alkanes) is 1. The summed E-state index contributed by atoms with van der Waals surface area (Å²) in [5.74, 6) is 0. The Balaban J connectivity index is 0.000000633. The fraction of sp³-hybridized carbons (Fsp3) is 1.00. The molecule has 1 fully saturated rings. The van der Waals surface area contributed by atoms with Crippen LogP contribution in [-0.2, 0) is 33.3 Å². The maximum atomic E-state index is 11.4. The summed E-state index contributed by atoms with van der Waals surface area (Å²) in [6.45, 7) is 3.48. The van der Waals surface area contributed by atoms with E-state index in [1.165, 1.54) is 38.6 Å². The van der Waals surface area contributed by atoms with Gasteiger partial charge < -0.3 is 21.9 Å². The Labute approximate surface area is 191 Å². The van der Waals surface area contributed by atoms with Gasteiger partial charge in [-0.25, -0.2) is 16.8 Å². The number of sulfonamides is 2. The molecule has 2 unspecified atom stereocenters. The van der Waals surface area contributed by atoms with Crippen LogP contribution in [0.15, 0.2) is 0 Å². The van der Waals surface area contributed by atoms with Crippen molar-refractivity contribution in [2.75, 3.05) is 41.1 Å². The van der Waals surface area contributed by atoms with Gasteiger partial charge in [0.25, 0.3) is 0 Å². The van der Waals surface area contributed by atoms with E-state index in [-0.39, 0.29) is 0 Å². The van der Waals surface area contributed by atoms with Gasteiger partial charge in [-0.1, -0.05) is 13.3 Å². The van der Waals surface area contributed by atoms with Crippen molar-refractivity contribution in [3.05, 3.63) is 4.13 Å². The first kappa shape index (κ1) is 32.5. The molecule has 0 aromatic heterocycles. The number of hydrogen-bond acceptors (Lipinski definition) is 7. The highest BCUT2D eigenvalue weighted by atomic mass is 32.3. The molecular formula is C15H30F6N2O7S2Si. The summed E-state index contributed by atoms with van der Waals surface area (Å²) in [7, 11) is -8.43. The molecule has 1 aliphatic rings. The molecule has 200 valence electrons. The third-order valence-electron chi connectivity index (χ3n) is 5.25. The highest BCUT2D eigenvalue weighted by Crippen LogP contribution is 2.36. The Hall–Kier alpha value is -0.503. The molecule has 1 rings (SSSR count). The van der Waals surface area contributed by atoms with Crippen LogP contribution in [0.3, 0.4) is 0 Å². The molecule has 18 heteroatoms. The van der Waals surface area contributed by atoms with Crippen molar-refractivity contribution in [1.29, 1.82) is 0 Å². The summed E-state index contributed by atoms with van der Waals surface area (Å²) in [6.07, 6.45) is 7.45. The largest absolute Gasteiger partial charge is 0.558 e. The molecule has 0 N–H and O–H groups in total. The zero-order valence-corrected chi connectivity index (χ0v) is 21.5. The van der Waals surface area contributed by atoms with E-state index >= 15 is 0 Å². The van der Waals surface area contributed by atoms with Crippen LogP contribution in [-0.4, -0.2) is 88.3 Å². The number of likely N-dealkylation sites (tertiary alicyclic amines) is 1. The predicted octanol–water partition coefficient (Wildman–Crippen LogP) is 3.26. The summed E-state index contributed by atoms with van der Waals surface area (Å²) in [5.41, 5.74) is -12.4. The number of rotatable bonds is 10. The van der Waals surface area contributed by atoms with Gasteiger partial charge in [0.2, 0.25) is 0 Å². The minimum Gasteiger partial charge on any atom is -0.421 e. The van der Waals surface area contributed by atoms with E-state index in [0.717, 1.165) is 20.8 Å². The lowest BCUT2D eigenvalue weighted by atomic mass is 10.1. The quantitative estimate of drug-likeness (QED) is 0.231. The van der Waals surface area contributed by atoms with Crippen molar-refractivity contribution in [3.8, 4) is 0 Å². The molecule has 0 saturated carbocycles. The molecular weight excluding hydrogens is 526 g/mol. The van der Waals surface area contributed by atoms with Gasteiger partial charge in [0.15, 0.2) is 20.0 Å². The number of hydrogen-bond donors (Lipinski definition) is 0. The zero-order chi connectivity index (χ0) is 26.4. The van der Waals surface area contributed by atoms with Gasteiger partial charge in [-0.05, 0) is 12.8 Å². The highest BCUT2D eigenvalue weighted by Gasteiger charge is 2.51. The second-order valence-electron chi connectivity index (χ2n) is 7.51. The molecule has 0 amide bonds. The standard InChI is InChI=1S/C13H30NO3Si.C2F6NO4S2/c1-6-7-9-13-10-8-11-14(13,2)12-18(15-3,16-4)17-5;3-1(4,5)14(10,11)9-15(12,13)2(6,7)8/h13H,6-12H2,1-5H3;/q+1;-1. The first-order valence-electron chi connectivity index (χ1n) is 9.63. The Bertz CT molecular complexity index is 769. The Morgan fingerprint density at radius 3 is 1.70 bits per heavy atom. The van der Waals surface area contributed by atoms with Crippen LogP contribution in [0.2, 0.25) is 0 Å². The summed E-state index contributed by atoms with van der Waals surface area (Å²) in [5, 5.41) is 0. The third-order valence-corrected chi connectivity index (χ3v) is 11.0. The second kappa shape index (κ2) is 12.0. The lowest BCUT2D eigenvalue weighted by Crippen LogP contribution is -2.62. The summed E-state index contributed by atoms with van der Waals surface area (Å²) < 4.78 is 127. The molecule has 2 atom stereocenters. The zero-order valence-electron chi connectivity index (χ0n) is 18.9. The summed E-state index contributed by atoms with van der Waals surface area (Å²) >= 11 is 0. The number of halogens is 6. The van der Waals surface area contributed by atoms with E-state index in [4.69, 9.17) is 13.3 Å². The van der Waals surface area contributed by atoms with Crippen LogP contribution in [0, 0.1) is 0 Å². The van der Waals surface area contributed by atoms with Gasteiger partial charge >= 0.3 is 19.8 Å². The predicted molar refractivity (Wildman–Crippen MR) is 109 cm³/mol. The van der Waals surface area contributed by atoms with Gasteiger partial charge in [0, 0.05) is 34.2 Å². The van der Waals surface area contributed by atoms with Gasteiger partial charge in [0.05, 0.1) is 19.6 Å². The Morgan fingerprint density at radius 1 is 0.939 bits per heavy atom. The van der Waals surface area contributed by atoms with Crippen LogP contribution in [0.4, 0.5) is 26.3 Å². The fourth-order valence-corrected chi connectivity index (χ4v) is 7.28. The van der Waals surface area contributed by atoms with Crippen LogP contribution in [0.25, 0.3) is 4.13 Å². The first-order chi connectivity index (χ1) is 14.8. The van der Waals surface area contributed by atoms with Crippen molar-refractivity contribution < 1.29 is 60.9 Å². The third kappa shape index (κ3) is 8.90. The van der Waals surface area contributed by atoms with Gasteiger partial charge in [-0.3, -0.25) is 0 Å². The van der Waals surface area contributed by atoms with Gasteiger partial charge in [-0.15, -0.1) is 0 Å². The number of nitrogens with zero attached hydrogens (tertiary/aromatic N) is 2. The Kier molecular flexibility index (Phi) is 11.8. The van der Waals surface area contributed by atoms with Gasteiger partial charge in [-0.2, -0.15) is 26.3 Å². The minimum atomic E-state index is -6.72. The molecule has 0 aliphatic carbocycles. The molecule has 1 saturated heterocycles. The SMILES string of the molecule is CCCCC1CCC[N+]1(C)C[Si](OC)(OC)OC.O=S(=O)([N-]S(=O)(=O)C(F)(F)F)C(F)(F)F. The average molecular weight is 557 g/mol. The molecule has 0 bridgehead atoms.